The maximum Gasteiger partial charge on any atom is 0.225 e. The first kappa shape index (κ1) is 11.7. The van der Waals surface area contributed by atoms with E-state index in [9.17, 15) is 0 Å². The highest BCUT2D eigenvalue weighted by molar-refractivity contribution is 5.79. The first-order valence-electron chi connectivity index (χ1n) is 6.68. The van der Waals surface area contributed by atoms with Crippen LogP contribution in [0.25, 0.3) is 0 Å². The highest BCUT2D eigenvalue weighted by Gasteiger charge is 2.22. The minimum Gasteiger partial charge on any atom is -0.390 e. The van der Waals surface area contributed by atoms with E-state index in [1.165, 1.54) is 32.4 Å². The van der Waals surface area contributed by atoms with E-state index in [1.807, 2.05) is 18.2 Å². The van der Waals surface area contributed by atoms with E-state index >= 15 is 0 Å². The van der Waals surface area contributed by atoms with Gasteiger partial charge in [-0.15, -0.1) is 5.48 Å². The van der Waals surface area contributed by atoms with Crippen LogP contribution in [0.5, 0.6) is 0 Å². The number of benzene rings is 1. The van der Waals surface area contributed by atoms with E-state index in [2.05, 4.69) is 27.5 Å². The Balaban J connectivity index is 1.61. The molecule has 1 N–H and O–H groups in total. The molecule has 96 valence electrons. The van der Waals surface area contributed by atoms with Crippen LogP contribution in [0.4, 0.5) is 0 Å². The van der Waals surface area contributed by atoms with Crippen LogP contribution in [0, 0.1) is 0 Å². The predicted octanol–water partition coefficient (Wildman–Crippen LogP) is 2.10. The standard InChI is InChI=1S/C14H19N3O/c1-3-7-12(8-4-1)14-15-13(18-16-14)11-17-9-5-2-6-10-17/h1,3-4,7-8,14,16H,2,5-6,9-11H2/t14-/m1/s1. The van der Waals surface area contributed by atoms with E-state index in [4.69, 9.17) is 4.84 Å². The van der Waals surface area contributed by atoms with Crippen molar-refractivity contribution >= 4 is 5.90 Å². The SMILES string of the molecule is c1ccc([C@@H]2N=C(CN3CCCCC3)ON2)cc1. The summed E-state index contributed by atoms with van der Waals surface area (Å²) >= 11 is 0. The monoisotopic (exact) mass is 245 g/mol. The fourth-order valence-electron chi connectivity index (χ4n) is 2.48. The van der Waals surface area contributed by atoms with E-state index in [-0.39, 0.29) is 6.17 Å². The topological polar surface area (TPSA) is 36.9 Å². The van der Waals surface area contributed by atoms with Crippen molar-refractivity contribution in [1.29, 1.82) is 0 Å². The molecule has 3 rings (SSSR count). The van der Waals surface area contributed by atoms with Crippen LogP contribution in [-0.2, 0) is 4.84 Å². The van der Waals surface area contributed by atoms with Crippen molar-refractivity contribution in [3.63, 3.8) is 0 Å². The number of piperidine rings is 1. The molecule has 18 heavy (non-hydrogen) atoms. The van der Waals surface area contributed by atoms with Gasteiger partial charge in [0.25, 0.3) is 0 Å². The van der Waals surface area contributed by atoms with Crippen molar-refractivity contribution in [2.75, 3.05) is 19.6 Å². The Hall–Kier alpha value is -1.39. The lowest BCUT2D eigenvalue weighted by Crippen LogP contribution is -2.35. The average molecular weight is 245 g/mol. The summed E-state index contributed by atoms with van der Waals surface area (Å²) in [6, 6.07) is 10.2. The minimum absolute atomic E-state index is 0.0500. The van der Waals surface area contributed by atoms with E-state index in [0.717, 1.165) is 18.0 Å². The molecular weight excluding hydrogens is 226 g/mol. The molecule has 0 saturated carbocycles. The Morgan fingerprint density at radius 1 is 1.17 bits per heavy atom. The minimum atomic E-state index is -0.0500. The molecule has 1 saturated heterocycles. The van der Waals surface area contributed by atoms with Gasteiger partial charge >= 0.3 is 0 Å². The second-order valence-corrected chi connectivity index (χ2v) is 4.89. The fourth-order valence-corrected chi connectivity index (χ4v) is 2.48. The van der Waals surface area contributed by atoms with Crippen LogP contribution >= 0.6 is 0 Å². The quantitative estimate of drug-likeness (QED) is 0.886. The normalized spacial score (nSPS) is 24.7. The molecule has 1 atom stereocenters. The molecule has 1 fully saturated rings. The molecule has 1 aromatic carbocycles. The number of likely N-dealkylation sites (tertiary alicyclic amines) is 1. The Morgan fingerprint density at radius 2 is 1.94 bits per heavy atom. The van der Waals surface area contributed by atoms with Crippen molar-refractivity contribution in [2.24, 2.45) is 4.99 Å². The molecular formula is C14H19N3O. The highest BCUT2D eigenvalue weighted by atomic mass is 16.7. The summed E-state index contributed by atoms with van der Waals surface area (Å²) in [5.41, 5.74) is 4.13. The molecule has 0 spiro atoms. The number of hydrogen-bond donors (Lipinski definition) is 1. The first-order chi connectivity index (χ1) is 8.92. The van der Waals surface area contributed by atoms with Crippen molar-refractivity contribution in [1.82, 2.24) is 10.4 Å². The predicted molar refractivity (Wildman–Crippen MR) is 71.1 cm³/mol. The molecule has 0 radical (unpaired) electrons. The summed E-state index contributed by atoms with van der Waals surface area (Å²) in [4.78, 5) is 12.5. The summed E-state index contributed by atoms with van der Waals surface area (Å²) in [5.74, 6) is 0.811. The van der Waals surface area contributed by atoms with Crippen LogP contribution in [0.15, 0.2) is 35.3 Å². The van der Waals surface area contributed by atoms with Crippen LogP contribution in [0.1, 0.15) is 31.0 Å². The highest BCUT2D eigenvalue weighted by Crippen LogP contribution is 2.19. The average Bonchev–Trinajstić information content (AvgIpc) is 2.89. The maximum absolute atomic E-state index is 5.48. The first-order valence-corrected chi connectivity index (χ1v) is 6.68. The molecule has 4 heteroatoms. The van der Waals surface area contributed by atoms with Crippen molar-refractivity contribution in [3.8, 4) is 0 Å². The summed E-state index contributed by atoms with van der Waals surface area (Å²) in [6.45, 7) is 3.16. The van der Waals surface area contributed by atoms with Gasteiger partial charge in [0.15, 0.2) is 6.17 Å². The maximum atomic E-state index is 5.48. The molecule has 4 nitrogen and oxygen atoms in total. The van der Waals surface area contributed by atoms with Gasteiger partial charge in [-0.3, -0.25) is 4.90 Å². The zero-order valence-corrected chi connectivity index (χ0v) is 10.5. The van der Waals surface area contributed by atoms with Crippen LogP contribution in [0.3, 0.4) is 0 Å². The van der Waals surface area contributed by atoms with Gasteiger partial charge in [-0.2, -0.15) is 0 Å². The zero-order valence-electron chi connectivity index (χ0n) is 10.5. The van der Waals surface area contributed by atoms with Gasteiger partial charge in [0.05, 0.1) is 6.54 Å². The molecule has 2 aliphatic heterocycles. The number of nitrogens with zero attached hydrogens (tertiary/aromatic N) is 2. The molecule has 0 unspecified atom stereocenters. The zero-order chi connectivity index (χ0) is 12.2. The lowest BCUT2D eigenvalue weighted by Gasteiger charge is -2.25. The number of rotatable bonds is 3. The summed E-state index contributed by atoms with van der Waals surface area (Å²) in [5, 5.41) is 0. The second-order valence-electron chi connectivity index (χ2n) is 4.89. The van der Waals surface area contributed by atoms with E-state index in [1.54, 1.807) is 0 Å². The van der Waals surface area contributed by atoms with Gasteiger partial charge < -0.3 is 4.84 Å². The molecule has 2 aliphatic rings. The Labute approximate surface area is 108 Å². The Bertz CT molecular complexity index is 412. The Kier molecular flexibility index (Phi) is 3.57. The van der Waals surface area contributed by atoms with Crippen molar-refractivity contribution in [3.05, 3.63) is 35.9 Å². The smallest absolute Gasteiger partial charge is 0.225 e. The molecule has 0 amide bonds. The van der Waals surface area contributed by atoms with Crippen molar-refractivity contribution in [2.45, 2.75) is 25.4 Å². The third kappa shape index (κ3) is 2.71. The van der Waals surface area contributed by atoms with Gasteiger partial charge in [0, 0.05) is 0 Å². The van der Waals surface area contributed by atoms with Gasteiger partial charge in [-0.25, -0.2) is 4.99 Å². The van der Waals surface area contributed by atoms with Gasteiger partial charge in [-0.05, 0) is 31.5 Å². The van der Waals surface area contributed by atoms with Crippen LogP contribution in [0.2, 0.25) is 0 Å². The van der Waals surface area contributed by atoms with Crippen LogP contribution < -0.4 is 5.48 Å². The Morgan fingerprint density at radius 3 is 2.72 bits per heavy atom. The molecule has 1 aromatic rings. The van der Waals surface area contributed by atoms with Gasteiger partial charge in [-0.1, -0.05) is 36.8 Å². The van der Waals surface area contributed by atoms with E-state index < -0.39 is 0 Å². The second kappa shape index (κ2) is 5.50. The number of hydroxylamine groups is 1. The molecule has 0 bridgehead atoms. The molecule has 2 heterocycles. The van der Waals surface area contributed by atoms with Gasteiger partial charge in [0.2, 0.25) is 5.90 Å². The largest absolute Gasteiger partial charge is 0.390 e. The summed E-state index contributed by atoms with van der Waals surface area (Å²) in [7, 11) is 0. The third-order valence-electron chi connectivity index (χ3n) is 3.48. The van der Waals surface area contributed by atoms with E-state index in [0.29, 0.717) is 0 Å². The third-order valence-corrected chi connectivity index (χ3v) is 3.48. The summed E-state index contributed by atoms with van der Waals surface area (Å²) < 4.78 is 0. The molecule has 0 aliphatic carbocycles. The lowest BCUT2D eigenvalue weighted by molar-refractivity contribution is 0.162. The number of hydrogen-bond acceptors (Lipinski definition) is 4. The van der Waals surface area contributed by atoms with Crippen LogP contribution in [-0.4, -0.2) is 30.4 Å². The van der Waals surface area contributed by atoms with Crippen molar-refractivity contribution < 1.29 is 4.84 Å². The molecule has 0 aromatic heterocycles. The lowest BCUT2D eigenvalue weighted by atomic mass is 10.1. The fraction of sp³-hybridized carbons (Fsp3) is 0.500. The summed E-state index contributed by atoms with van der Waals surface area (Å²) in [6.07, 6.45) is 3.89. The van der Waals surface area contributed by atoms with Gasteiger partial charge in [0.1, 0.15) is 0 Å². The number of nitrogens with one attached hydrogen (secondary N) is 1. The number of aliphatic imine (C=N–C) groups is 1.